The number of likely N-dealkylation sites (tertiary alicyclic amines) is 1. The Hall–Kier alpha value is -4.11. The number of aliphatic hydroxyl groups excluding tert-OH is 1. The Morgan fingerprint density at radius 2 is 1.76 bits per heavy atom. The van der Waals surface area contributed by atoms with Crippen LogP contribution in [-0.4, -0.2) is 71.9 Å². The summed E-state index contributed by atoms with van der Waals surface area (Å²) in [4.78, 5) is 41.3. The van der Waals surface area contributed by atoms with Crippen molar-refractivity contribution in [1.82, 2.24) is 9.80 Å². The van der Waals surface area contributed by atoms with Gasteiger partial charge in [0.1, 0.15) is 23.9 Å². The third kappa shape index (κ3) is 6.41. The summed E-state index contributed by atoms with van der Waals surface area (Å²) in [7, 11) is 0. The lowest BCUT2D eigenvalue weighted by atomic mass is 9.94. The third-order valence-electron chi connectivity index (χ3n) is 6.49. The molecule has 1 aliphatic rings. The summed E-state index contributed by atoms with van der Waals surface area (Å²) in [5, 5.41) is 11.4. The van der Waals surface area contributed by atoms with Gasteiger partial charge in [-0.05, 0) is 61.5 Å². The fourth-order valence-electron chi connectivity index (χ4n) is 4.44. The van der Waals surface area contributed by atoms with E-state index in [-0.39, 0.29) is 17.9 Å². The number of hydrogen-bond acceptors (Lipinski definition) is 7. The number of ketones is 1. The second-order valence-corrected chi connectivity index (χ2v) is 8.92. The summed E-state index contributed by atoms with van der Waals surface area (Å²) >= 11 is 0. The van der Waals surface area contributed by atoms with Crippen LogP contribution in [-0.2, 0) is 14.4 Å². The molecule has 9 heteroatoms. The van der Waals surface area contributed by atoms with E-state index < -0.39 is 23.6 Å². The van der Waals surface area contributed by atoms with E-state index in [1.54, 1.807) is 55.5 Å². The number of carbonyl (C=O) groups excluding carboxylic acids is 3. The summed E-state index contributed by atoms with van der Waals surface area (Å²) in [6, 6.07) is 11.0. The minimum Gasteiger partial charge on any atom is -0.507 e. The van der Waals surface area contributed by atoms with Crippen LogP contribution in [0.3, 0.4) is 0 Å². The quantitative estimate of drug-likeness (QED) is 0.180. The zero-order valence-corrected chi connectivity index (χ0v) is 22.1. The number of nitrogens with zero attached hydrogens (tertiary/aromatic N) is 2. The van der Waals surface area contributed by atoms with E-state index in [4.69, 9.17) is 15.2 Å². The number of aryl methyl sites for hydroxylation is 1. The van der Waals surface area contributed by atoms with Crippen LogP contribution in [0.15, 0.2) is 60.7 Å². The molecule has 2 amide bonds. The van der Waals surface area contributed by atoms with Gasteiger partial charge in [0.2, 0.25) is 0 Å². The van der Waals surface area contributed by atoms with Gasteiger partial charge in [-0.15, -0.1) is 0 Å². The predicted octanol–water partition coefficient (Wildman–Crippen LogP) is 3.19. The first-order chi connectivity index (χ1) is 18.2. The number of Topliss-reactive ketones (excluding diaryl/α,β-unsaturated/α-hetero) is 1. The number of amides is 2. The second-order valence-electron chi connectivity index (χ2n) is 8.92. The number of rotatable bonds is 13. The third-order valence-corrected chi connectivity index (χ3v) is 6.49. The molecule has 1 fully saturated rings. The van der Waals surface area contributed by atoms with E-state index in [1.165, 1.54) is 4.90 Å². The molecule has 202 valence electrons. The van der Waals surface area contributed by atoms with Gasteiger partial charge in [0.15, 0.2) is 6.61 Å². The lowest BCUT2D eigenvalue weighted by Crippen LogP contribution is -2.38. The molecule has 1 aliphatic heterocycles. The predicted molar refractivity (Wildman–Crippen MR) is 145 cm³/mol. The van der Waals surface area contributed by atoms with Crippen LogP contribution in [0, 0.1) is 6.92 Å². The molecule has 2 aromatic carbocycles. The van der Waals surface area contributed by atoms with Crippen molar-refractivity contribution in [2.24, 2.45) is 5.73 Å². The Bertz CT molecular complexity index is 1220. The van der Waals surface area contributed by atoms with Crippen molar-refractivity contribution >= 4 is 23.4 Å². The number of nitrogens with two attached hydrogens (primary N) is 1. The zero-order valence-electron chi connectivity index (χ0n) is 22.1. The summed E-state index contributed by atoms with van der Waals surface area (Å²) in [5.74, 6) is -1.25. The highest BCUT2D eigenvalue weighted by Crippen LogP contribution is 2.40. The number of hydrogen-bond donors (Lipinski definition) is 2. The van der Waals surface area contributed by atoms with Crippen LogP contribution in [0.5, 0.6) is 11.5 Å². The highest BCUT2D eigenvalue weighted by Gasteiger charge is 2.46. The standard InChI is InChI=1S/C29H35N3O6/c1-5-16-37-22-12-13-23(19(4)17-22)27(34)25-26(20-8-10-21(11-9-20)38-18-24(30)33)32(29(36)28(25)35)15-14-31(6-2)7-3/h5,8-13,17,26,34H,1,6-7,14-16,18H2,2-4H3,(H2,30,33). The molecule has 9 nitrogen and oxygen atoms in total. The normalized spacial score (nSPS) is 16.6. The molecule has 0 saturated carbocycles. The molecule has 0 radical (unpaired) electrons. The molecular formula is C29H35N3O6. The first kappa shape index (κ1) is 28.5. The first-order valence-electron chi connectivity index (χ1n) is 12.6. The van der Waals surface area contributed by atoms with Crippen molar-refractivity contribution in [2.45, 2.75) is 26.8 Å². The minimum atomic E-state index is -0.799. The van der Waals surface area contributed by atoms with Crippen molar-refractivity contribution in [3.05, 3.63) is 77.4 Å². The van der Waals surface area contributed by atoms with Gasteiger partial charge in [-0.2, -0.15) is 0 Å². The summed E-state index contributed by atoms with van der Waals surface area (Å²) in [5.41, 5.74) is 6.92. The molecule has 1 unspecified atom stereocenters. The van der Waals surface area contributed by atoms with Crippen LogP contribution in [0.1, 0.15) is 36.6 Å². The minimum absolute atomic E-state index is 0.0169. The highest BCUT2D eigenvalue weighted by molar-refractivity contribution is 6.46. The van der Waals surface area contributed by atoms with Gasteiger partial charge < -0.3 is 30.1 Å². The smallest absolute Gasteiger partial charge is 0.295 e. The molecule has 2 aromatic rings. The molecule has 1 heterocycles. The largest absolute Gasteiger partial charge is 0.507 e. The van der Waals surface area contributed by atoms with Crippen molar-refractivity contribution in [2.75, 3.05) is 39.4 Å². The second kappa shape index (κ2) is 12.9. The van der Waals surface area contributed by atoms with Gasteiger partial charge in [-0.25, -0.2) is 0 Å². The van der Waals surface area contributed by atoms with Crippen molar-refractivity contribution < 1.29 is 29.0 Å². The van der Waals surface area contributed by atoms with E-state index in [0.29, 0.717) is 47.9 Å². The van der Waals surface area contributed by atoms with Crippen molar-refractivity contribution in [3.63, 3.8) is 0 Å². The average Bonchev–Trinajstić information content (AvgIpc) is 3.16. The molecular weight excluding hydrogens is 486 g/mol. The Morgan fingerprint density at radius 1 is 1.11 bits per heavy atom. The monoisotopic (exact) mass is 521 g/mol. The van der Waals surface area contributed by atoms with Gasteiger partial charge in [0.25, 0.3) is 17.6 Å². The van der Waals surface area contributed by atoms with Gasteiger partial charge in [0.05, 0.1) is 11.6 Å². The van der Waals surface area contributed by atoms with Crippen molar-refractivity contribution in [3.8, 4) is 11.5 Å². The molecule has 0 bridgehead atoms. The molecule has 3 rings (SSSR count). The van der Waals surface area contributed by atoms with Crippen LogP contribution >= 0.6 is 0 Å². The van der Waals surface area contributed by atoms with Crippen LogP contribution < -0.4 is 15.2 Å². The van der Waals surface area contributed by atoms with Crippen LogP contribution in [0.4, 0.5) is 0 Å². The number of carbonyl (C=O) groups is 3. The van der Waals surface area contributed by atoms with Crippen LogP contribution in [0.2, 0.25) is 0 Å². The molecule has 0 aromatic heterocycles. The molecule has 0 spiro atoms. The van der Waals surface area contributed by atoms with E-state index in [0.717, 1.165) is 13.1 Å². The maximum absolute atomic E-state index is 13.3. The topological polar surface area (TPSA) is 122 Å². The Kier molecular flexibility index (Phi) is 9.67. The van der Waals surface area contributed by atoms with Crippen LogP contribution in [0.25, 0.3) is 5.76 Å². The summed E-state index contributed by atoms with van der Waals surface area (Å²) < 4.78 is 10.9. The number of ether oxygens (including phenoxy) is 2. The molecule has 1 atom stereocenters. The van der Waals surface area contributed by atoms with Gasteiger partial charge in [0, 0.05) is 18.7 Å². The number of aliphatic hydroxyl groups is 1. The van der Waals surface area contributed by atoms with E-state index in [2.05, 4.69) is 11.5 Å². The molecule has 38 heavy (non-hydrogen) atoms. The Morgan fingerprint density at radius 3 is 2.34 bits per heavy atom. The summed E-state index contributed by atoms with van der Waals surface area (Å²) in [6.45, 7) is 12.1. The molecule has 0 aliphatic carbocycles. The lowest BCUT2D eigenvalue weighted by molar-refractivity contribution is -0.140. The van der Waals surface area contributed by atoms with E-state index in [9.17, 15) is 19.5 Å². The average molecular weight is 522 g/mol. The maximum atomic E-state index is 13.3. The molecule has 1 saturated heterocycles. The van der Waals surface area contributed by atoms with E-state index >= 15 is 0 Å². The SMILES string of the molecule is C=CCOc1ccc(C(O)=C2C(=O)C(=O)N(CCN(CC)CC)C2c2ccc(OCC(N)=O)cc2)c(C)c1. The maximum Gasteiger partial charge on any atom is 0.295 e. The highest BCUT2D eigenvalue weighted by atomic mass is 16.5. The van der Waals surface area contributed by atoms with Crippen molar-refractivity contribution in [1.29, 1.82) is 0 Å². The first-order valence-corrected chi connectivity index (χ1v) is 12.6. The van der Waals surface area contributed by atoms with Gasteiger partial charge >= 0.3 is 0 Å². The zero-order chi connectivity index (χ0) is 27.8. The lowest BCUT2D eigenvalue weighted by Gasteiger charge is -2.28. The number of primary amides is 1. The van der Waals surface area contributed by atoms with Gasteiger partial charge in [-0.1, -0.05) is 38.6 Å². The molecule has 3 N–H and O–H groups in total. The number of likely N-dealkylation sites (N-methyl/N-ethyl adjacent to an activating group) is 1. The number of benzene rings is 2. The fraction of sp³-hybridized carbons (Fsp3) is 0.345. The Balaban J connectivity index is 2.06. The fourth-order valence-corrected chi connectivity index (χ4v) is 4.44. The van der Waals surface area contributed by atoms with E-state index in [1.807, 2.05) is 13.8 Å². The van der Waals surface area contributed by atoms with Gasteiger partial charge in [-0.3, -0.25) is 14.4 Å². The Labute approximate surface area is 223 Å². The summed E-state index contributed by atoms with van der Waals surface area (Å²) in [6.07, 6.45) is 1.63.